The second-order valence-electron chi connectivity index (χ2n) is 5.16. The molecule has 0 saturated carbocycles. The van der Waals surface area contributed by atoms with Crippen LogP contribution in [0.5, 0.6) is 5.75 Å². The number of rotatable bonds is 8. The molecule has 2 aromatic rings. The molecule has 0 spiro atoms. The van der Waals surface area contributed by atoms with Crippen molar-refractivity contribution in [2.75, 3.05) is 12.9 Å². The highest BCUT2D eigenvalue weighted by molar-refractivity contribution is 7.99. The SMILES string of the molecule is COc1ccc(C(=O)/C=C/c2ccc(F)cc2)cc1CSCC(=O)O. The van der Waals surface area contributed by atoms with Crippen LogP contribution in [0.2, 0.25) is 0 Å². The number of thioether (sulfide) groups is 1. The van der Waals surface area contributed by atoms with Crippen molar-refractivity contribution in [3.05, 3.63) is 71.0 Å². The average Bonchev–Trinajstić information content (AvgIpc) is 2.60. The molecular weight excluding hydrogens is 343 g/mol. The normalized spacial score (nSPS) is 10.8. The molecule has 0 unspecified atom stereocenters. The van der Waals surface area contributed by atoms with Crippen LogP contribution in [0.4, 0.5) is 4.39 Å². The number of carboxylic acids is 1. The number of methoxy groups -OCH3 is 1. The van der Waals surface area contributed by atoms with Crippen molar-refractivity contribution in [1.82, 2.24) is 0 Å². The highest BCUT2D eigenvalue weighted by Crippen LogP contribution is 2.25. The lowest BCUT2D eigenvalue weighted by Gasteiger charge is -2.09. The Labute approximate surface area is 149 Å². The molecule has 0 bridgehead atoms. The molecule has 0 aromatic heterocycles. The molecule has 4 nitrogen and oxygen atoms in total. The molecule has 0 heterocycles. The van der Waals surface area contributed by atoms with E-state index in [-0.39, 0.29) is 17.4 Å². The summed E-state index contributed by atoms with van der Waals surface area (Å²) in [5, 5.41) is 8.72. The maximum absolute atomic E-state index is 12.9. The second kappa shape index (κ2) is 9.03. The summed E-state index contributed by atoms with van der Waals surface area (Å²) >= 11 is 1.23. The fraction of sp³-hybridized carbons (Fsp3) is 0.158. The van der Waals surface area contributed by atoms with Crippen LogP contribution >= 0.6 is 11.8 Å². The number of aliphatic carboxylic acids is 1. The van der Waals surface area contributed by atoms with Crippen molar-refractivity contribution in [2.24, 2.45) is 0 Å². The maximum atomic E-state index is 12.9. The molecule has 0 saturated heterocycles. The minimum Gasteiger partial charge on any atom is -0.496 e. The van der Waals surface area contributed by atoms with Crippen LogP contribution in [-0.2, 0) is 10.5 Å². The zero-order valence-corrected chi connectivity index (χ0v) is 14.4. The third kappa shape index (κ3) is 5.76. The van der Waals surface area contributed by atoms with Gasteiger partial charge in [-0.25, -0.2) is 4.39 Å². The lowest BCUT2D eigenvalue weighted by Crippen LogP contribution is -2.01. The monoisotopic (exact) mass is 360 g/mol. The van der Waals surface area contributed by atoms with Crippen LogP contribution in [0, 0.1) is 5.82 Å². The fourth-order valence-corrected chi connectivity index (χ4v) is 2.86. The number of carboxylic acid groups (broad SMARTS) is 1. The predicted molar refractivity (Wildman–Crippen MR) is 96.6 cm³/mol. The van der Waals surface area contributed by atoms with Gasteiger partial charge in [-0.05, 0) is 42.0 Å². The number of ketones is 1. The molecule has 0 aliphatic rings. The largest absolute Gasteiger partial charge is 0.496 e. The van der Waals surface area contributed by atoms with Gasteiger partial charge in [-0.2, -0.15) is 0 Å². The van der Waals surface area contributed by atoms with E-state index >= 15 is 0 Å². The Morgan fingerprint density at radius 3 is 2.56 bits per heavy atom. The van der Waals surface area contributed by atoms with E-state index in [0.29, 0.717) is 17.1 Å². The first kappa shape index (κ1) is 18.7. The van der Waals surface area contributed by atoms with E-state index in [1.807, 2.05) is 0 Å². The van der Waals surface area contributed by atoms with Gasteiger partial charge in [-0.1, -0.05) is 18.2 Å². The molecule has 0 radical (unpaired) electrons. The highest BCUT2D eigenvalue weighted by atomic mass is 32.2. The quantitative estimate of drug-likeness (QED) is 0.568. The van der Waals surface area contributed by atoms with Gasteiger partial charge in [0.25, 0.3) is 0 Å². The lowest BCUT2D eigenvalue weighted by molar-refractivity contribution is -0.133. The first-order valence-electron chi connectivity index (χ1n) is 7.44. The van der Waals surface area contributed by atoms with Crippen molar-refractivity contribution >= 4 is 29.6 Å². The van der Waals surface area contributed by atoms with Crippen molar-refractivity contribution in [1.29, 1.82) is 0 Å². The lowest BCUT2D eigenvalue weighted by atomic mass is 10.1. The van der Waals surface area contributed by atoms with Gasteiger partial charge in [-0.3, -0.25) is 9.59 Å². The molecular formula is C19H17FO4S. The van der Waals surface area contributed by atoms with Crippen molar-refractivity contribution < 1.29 is 23.8 Å². The van der Waals surface area contributed by atoms with Crippen molar-refractivity contribution in [3.63, 3.8) is 0 Å². The van der Waals surface area contributed by atoms with Crippen molar-refractivity contribution in [2.45, 2.75) is 5.75 Å². The summed E-state index contributed by atoms with van der Waals surface area (Å²) in [4.78, 5) is 22.9. The Bertz CT molecular complexity index is 785. The zero-order valence-electron chi connectivity index (χ0n) is 13.6. The summed E-state index contributed by atoms with van der Waals surface area (Å²) in [6, 6.07) is 10.9. The molecule has 130 valence electrons. The van der Waals surface area contributed by atoms with E-state index in [4.69, 9.17) is 9.84 Å². The van der Waals surface area contributed by atoms with Crippen LogP contribution in [0.25, 0.3) is 6.08 Å². The number of allylic oxidation sites excluding steroid dienone is 1. The predicted octanol–water partition coefficient (Wildman–Crippen LogP) is 4.05. The number of ether oxygens (including phenoxy) is 1. The van der Waals surface area contributed by atoms with Crippen LogP contribution in [0.3, 0.4) is 0 Å². The van der Waals surface area contributed by atoms with Gasteiger partial charge in [0, 0.05) is 16.9 Å². The van der Waals surface area contributed by atoms with E-state index in [2.05, 4.69) is 0 Å². The molecule has 0 fully saturated rings. The first-order valence-corrected chi connectivity index (χ1v) is 8.59. The van der Waals surface area contributed by atoms with Crippen LogP contribution in [0.15, 0.2) is 48.5 Å². The van der Waals surface area contributed by atoms with E-state index in [1.165, 1.54) is 37.1 Å². The van der Waals surface area contributed by atoms with E-state index in [9.17, 15) is 14.0 Å². The molecule has 0 amide bonds. The summed E-state index contributed by atoms with van der Waals surface area (Å²) < 4.78 is 18.1. The molecule has 1 N–H and O–H groups in total. The molecule has 0 aliphatic carbocycles. The maximum Gasteiger partial charge on any atom is 0.313 e. The second-order valence-corrected chi connectivity index (χ2v) is 6.15. The third-order valence-corrected chi connectivity index (χ3v) is 4.31. The summed E-state index contributed by atoms with van der Waals surface area (Å²) in [6.45, 7) is 0. The number of benzene rings is 2. The smallest absolute Gasteiger partial charge is 0.313 e. The number of hydrogen-bond acceptors (Lipinski definition) is 4. The minimum atomic E-state index is -0.890. The molecule has 2 rings (SSSR count). The summed E-state index contributed by atoms with van der Waals surface area (Å²) in [7, 11) is 1.52. The Morgan fingerprint density at radius 1 is 1.20 bits per heavy atom. The number of halogens is 1. The summed E-state index contributed by atoms with van der Waals surface area (Å²) in [6.07, 6.45) is 3.04. The van der Waals surface area contributed by atoms with Crippen molar-refractivity contribution in [3.8, 4) is 5.75 Å². The van der Waals surface area contributed by atoms with Gasteiger partial charge in [0.05, 0.1) is 12.9 Å². The standard InChI is InChI=1S/C19H17FO4S/c1-24-18-9-5-14(10-15(18)11-25-12-19(22)23)17(21)8-4-13-2-6-16(20)7-3-13/h2-10H,11-12H2,1H3,(H,22,23)/b8-4+. The van der Waals surface area contributed by atoms with Gasteiger partial charge in [0.15, 0.2) is 5.78 Å². The van der Waals surface area contributed by atoms with Crippen LogP contribution in [-0.4, -0.2) is 29.7 Å². The van der Waals surface area contributed by atoms with Gasteiger partial charge < -0.3 is 9.84 Å². The Morgan fingerprint density at radius 2 is 1.92 bits per heavy atom. The number of hydrogen-bond donors (Lipinski definition) is 1. The number of carbonyl (C=O) groups is 2. The van der Waals surface area contributed by atoms with Gasteiger partial charge >= 0.3 is 5.97 Å². The molecule has 2 aromatic carbocycles. The zero-order chi connectivity index (χ0) is 18.2. The first-order chi connectivity index (χ1) is 12.0. The Kier molecular flexibility index (Phi) is 6.77. The average molecular weight is 360 g/mol. The van der Waals surface area contributed by atoms with Crippen LogP contribution in [0.1, 0.15) is 21.5 Å². The van der Waals surface area contributed by atoms with E-state index in [1.54, 1.807) is 36.4 Å². The molecule has 0 aliphatic heterocycles. The van der Waals surface area contributed by atoms with Crippen LogP contribution < -0.4 is 4.74 Å². The van der Waals surface area contributed by atoms with Gasteiger partial charge in [-0.15, -0.1) is 11.8 Å². The Balaban J connectivity index is 2.13. The van der Waals surface area contributed by atoms with E-state index < -0.39 is 5.97 Å². The molecule has 6 heteroatoms. The van der Waals surface area contributed by atoms with Gasteiger partial charge in [0.1, 0.15) is 11.6 Å². The Hall–Kier alpha value is -2.60. The minimum absolute atomic E-state index is 0.0220. The third-order valence-electron chi connectivity index (χ3n) is 3.35. The number of carbonyl (C=O) groups excluding carboxylic acids is 1. The summed E-state index contributed by atoms with van der Waals surface area (Å²) in [5.74, 6) is -0.404. The van der Waals surface area contributed by atoms with E-state index in [0.717, 1.165) is 11.1 Å². The highest BCUT2D eigenvalue weighted by Gasteiger charge is 2.09. The fourth-order valence-electron chi connectivity index (χ4n) is 2.13. The summed E-state index contributed by atoms with van der Waals surface area (Å²) in [5.41, 5.74) is 1.96. The molecule has 25 heavy (non-hydrogen) atoms. The topological polar surface area (TPSA) is 63.6 Å². The molecule has 0 atom stereocenters. The van der Waals surface area contributed by atoms with Gasteiger partial charge in [0.2, 0.25) is 0 Å².